The molecule has 0 aliphatic heterocycles. The Hall–Kier alpha value is -3.48. The monoisotopic (exact) mass is 395 g/mol. The lowest BCUT2D eigenvalue weighted by Crippen LogP contribution is -2.00. The highest BCUT2D eigenvalue weighted by atomic mass is 19.3. The maximum Gasteiger partial charge on any atom is 0.264 e. The summed E-state index contributed by atoms with van der Waals surface area (Å²) in [6.45, 7) is 1.71. The quantitative estimate of drug-likeness (QED) is 0.457. The molecular weight excluding hydrogens is 376 g/mol. The Bertz CT molecular complexity index is 1170. The minimum atomic E-state index is -2.67. The number of aryl methyl sites for hydroxylation is 1. The zero-order valence-electron chi connectivity index (χ0n) is 16.2. The van der Waals surface area contributed by atoms with E-state index in [4.69, 9.17) is 14.5 Å². The van der Waals surface area contributed by atoms with Gasteiger partial charge in [0.1, 0.15) is 11.5 Å². The van der Waals surface area contributed by atoms with Gasteiger partial charge < -0.3 is 9.47 Å². The molecule has 0 aliphatic carbocycles. The maximum absolute atomic E-state index is 14.0. The molecule has 0 saturated heterocycles. The third kappa shape index (κ3) is 3.29. The lowest BCUT2D eigenvalue weighted by atomic mass is 10.0. The van der Waals surface area contributed by atoms with Gasteiger partial charge >= 0.3 is 0 Å². The molecule has 2 heterocycles. The van der Waals surface area contributed by atoms with Gasteiger partial charge in [0.15, 0.2) is 5.65 Å². The molecular formula is C22H19F2N3O2. The van der Waals surface area contributed by atoms with E-state index in [1.54, 1.807) is 43.0 Å². The summed E-state index contributed by atoms with van der Waals surface area (Å²) in [5, 5.41) is 4.84. The van der Waals surface area contributed by atoms with Crippen LogP contribution in [0.1, 0.15) is 17.7 Å². The molecule has 0 N–H and O–H groups in total. The van der Waals surface area contributed by atoms with Crippen LogP contribution < -0.4 is 9.47 Å². The van der Waals surface area contributed by atoms with E-state index in [-0.39, 0.29) is 5.56 Å². The van der Waals surface area contributed by atoms with E-state index in [0.29, 0.717) is 45.2 Å². The number of aromatic nitrogens is 3. The molecule has 4 aromatic rings. The van der Waals surface area contributed by atoms with Crippen LogP contribution in [0, 0.1) is 6.92 Å². The van der Waals surface area contributed by atoms with Gasteiger partial charge in [-0.2, -0.15) is 5.10 Å². The van der Waals surface area contributed by atoms with E-state index in [0.717, 1.165) is 0 Å². The van der Waals surface area contributed by atoms with Crippen molar-refractivity contribution in [3.63, 3.8) is 0 Å². The molecule has 7 heteroatoms. The third-order valence-electron chi connectivity index (χ3n) is 4.78. The summed E-state index contributed by atoms with van der Waals surface area (Å²) in [6, 6.07) is 15.8. The van der Waals surface area contributed by atoms with E-state index < -0.39 is 6.43 Å². The Kier molecular flexibility index (Phi) is 4.88. The molecule has 0 aliphatic rings. The first-order valence-electron chi connectivity index (χ1n) is 8.99. The minimum absolute atomic E-state index is 0.104. The summed E-state index contributed by atoms with van der Waals surface area (Å²) in [4.78, 5) is 4.69. The van der Waals surface area contributed by atoms with E-state index in [1.807, 2.05) is 24.3 Å². The number of para-hydroxylation sites is 1. The van der Waals surface area contributed by atoms with Crippen molar-refractivity contribution in [2.24, 2.45) is 0 Å². The van der Waals surface area contributed by atoms with Crippen molar-refractivity contribution in [2.75, 3.05) is 14.2 Å². The second kappa shape index (κ2) is 7.50. The average Bonchev–Trinajstić information content (AvgIpc) is 3.09. The maximum atomic E-state index is 14.0. The van der Waals surface area contributed by atoms with Gasteiger partial charge in [0.2, 0.25) is 0 Å². The van der Waals surface area contributed by atoms with Crippen LogP contribution >= 0.6 is 0 Å². The van der Waals surface area contributed by atoms with Gasteiger partial charge in [-0.1, -0.05) is 12.1 Å². The molecule has 0 saturated carbocycles. The van der Waals surface area contributed by atoms with Gasteiger partial charge in [-0.25, -0.2) is 18.4 Å². The number of hydrogen-bond donors (Lipinski definition) is 0. The molecule has 2 aromatic carbocycles. The SMILES string of the molecule is COc1ccc(-n2nc(C)c3c(C(F)F)cc(-c4ccccc4OC)nc32)cc1. The molecule has 0 amide bonds. The van der Waals surface area contributed by atoms with Crippen LogP contribution in [0.3, 0.4) is 0 Å². The second-order valence-corrected chi connectivity index (χ2v) is 6.49. The first-order valence-corrected chi connectivity index (χ1v) is 8.99. The third-order valence-corrected chi connectivity index (χ3v) is 4.78. The van der Waals surface area contributed by atoms with Crippen LogP contribution in [0.2, 0.25) is 0 Å². The molecule has 4 rings (SSSR count). The fourth-order valence-corrected chi connectivity index (χ4v) is 3.39. The summed E-state index contributed by atoms with van der Waals surface area (Å²) >= 11 is 0. The predicted molar refractivity (Wildman–Crippen MR) is 107 cm³/mol. The number of methoxy groups -OCH3 is 2. The highest BCUT2D eigenvalue weighted by molar-refractivity contribution is 5.87. The number of rotatable bonds is 5. The number of halogens is 2. The van der Waals surface area contributed by atoms with Crippen molar-refractivity contribution in [3.8, 4) is 28.4 Å². The normalized spacial score (nSPS) is 11.2. The Morgan fingerprint density at radius 1 is 0.966 bits per heavy atom. The van der Waals surface area contributed by atoms with E-state index in [9.17, 15) is 8.78 Å². The largest absolute Gasteiger partial charge is 0.497 e. The number of pyridine rings is 1. The number of ether oxygens (including phenoxy) is 2. The van der Waals surface area contributed by atoms with Crippen LogP contribution in [0.25, 0.3) is 28.0 Å². The van der Waals surface area contributed by atoms with Crippen LogP contribution in [0.5, 0.6) is 11.5 Å². The van der Waals surface area contributed by atoms with Crippen molar-refractivity contribution in [3.05, 3.63) is 65.9 Å². The summed E-state index contributed by atoms with van der Waals surface area (Å²) in [7, 11) is 3.12. The van der Waals surface area contributed by atoms with Crippen molar-refractivity contribution < 1.29 is 18.3 Å². The zero-order chi connectivity index (χ0) is 20.5. The van der Waals surface area contributed by atoms with Crippen LogP contribution in [0.4, 0.5) is 8.78 Å². The van der Waals surface area contributed by atoms with Gasteiger partial charge in [-0.05, 0) is 49.4 Å². The average molecular weight is 395 g/mol. The Labute approximate surface area is 166 Å². The zero-order valence-corrected chi connectivity index (χ0v) is 16.2. The summed E-state index contributed by atoms with van der Waals surface area (Å²) in [5.41, 5.74) is 2.50. The fourth-order valence-electron chi connectivity index (χ4n) is 3.39. The molecule has 29 heavy (non-hydrogen) atoms. The van der Waals surface area contributed by atoms with Crippen molar-refractivity contribution >= 4 is 11.0 Å². The van der Waals surface area contributed by atoms with Crippen molar-refractivity contribution in [2.45, 2.75) is 13.3 Å². The summed E-state index contributed by atoms with van der Waals surface area (Å²) in [6.07, 6.45) is -2.67. The first-order chi connectivity index (χ1) is 14.0. The van der Waals surface area contributed by atoms with Gasteiger partial charge in [-0.15, -0.1) is 0 Å². The number of alkyl halides is 2. The molecule has 2 aromatic heterocycles. The topological polar surface area (TPSA) is 49.2 Å². The summed E-state index contributed by atoms with van der Waals surface area (Å²) in [5.74, 6) is 1.25. The second-order valence-electron chi connectivity index (χ2n) is 6.49. The fraction of sp³-hybridized carbons (Fsp3) is 0.182. The van der Waals surface area contributed by atoms with Gasteiger partial charge in [0, 0.05) is 11.1 Å². The predicted octanol–water partition coefficient (Wildman–Crippen LogP) is 5.35. The molecule has 148 valence electrons. The van der Waals surface area contributed by atoms with Crippen LogP contribution in [-0.2, 0) is 0 Å². The molecule has 0 atom stereocenters. The van der Waals surface area contributed by atoms with Crippen molar-refractivity contribution in [1.29, 1.82) is 0 Å². The highest BCUT2D eigenvalue weighted by Gasteiger charge is 2.22. The molecule has 0 spiro atoms. The molecule has 0 fully saturated rings. The van der Waals surface area contributed by atoms with Gasteiger partial charge in [0.05, 0.1) is 36.7 Å². The van der Waals surface area contributed by atoms with E-state index in [2.05, 4.69) is 5.10 Å². The van der Waals surface area contributed by atoms with Crippen LogP contribution in [-0.4, -0.2) is 29.0 Å². The van der Waals surface area contributed by atoms with Gasteiger partial charge in [-0.3, -0.25) is 0 Å². The number of hydrogen-bond acceptors (Lipinski definition) is 4. The van der Waals surface area contributed by atoms with Crippen LogP contribution in [0.15, 0.2) is 54.6 Å². The first kappa shape index (κ1) is 18.9. The molecule has 5 nitrogen and oxygen atoms in total. The van der Waals surface area contributed by atoms with Gasteiger partial charge in [0.25, 0.3) is 6.43 Å². The molecule has 0 unspecified atom stereocenters. The lowest BCUT2D eigenvalue weighted by molar-refractivity contribution is 0.153. The van der Waals surface area contributed by atoms with E-state index in [1.165, 1.54) is 13.2 Å². The van der Waals surface area contributed by atoms with Crippen molar-refractivity contribution in [1.82, 2.24) is 14.8 Å². The minimum Gasteiger partial charge on any atom is -0.497 e. The molecule has 0 bridgehead atoms. The highest BCUT2D eigenvalue weighted by Crippen LogP contribution is 2.36. The molecule has 0 radical (unpaired) electrons. The smallest absolute Gasteiger partial charge is 0.264 e. The number of benzene rings is 2. The Morgan fingerprint density at radius 2 is 1.69 bits per heavy atom. The van der Waals surface area contributed by atoms with E-state index >= 15 is 0 Å². The number of nitrogens with zero attached hydrogens (tertiary/aromatic N) is 3. The Balaban J connectivity index is 2.00. The number of fused-ring (bicyclic) bond motifs is 1. The summed E-state index contributed by atoms with van der Waals surface area (Å²) < 4.78 is 40.1. The lowest BCUT2D eigenvalue weighted by Gasteiger charge is -2.11. The standard InChI is InChI=1S/C22H19F2N3O2/c1-13-20-17(21(23)24)12-18(16-6-4-5-7-19(16)29-3)25-22(20)27(26-13)14-8-10-15(28-2)11-9-14/h4-12,21H,1-3H3. The Morgan fingerprint density at radius 3 is 2.34 bits per heavy atom.